The van der Waals surface area contributed by atoms with Crippen molar-refractivity contribution in [2.45, 2.75) is 24.8 Å². The van der Waals surface area contributed by atoms with E-state index in [1.165, 1.54) is 16.7 Å². The van der Waals surface area contributed by atoms with Crippen molar-refractivity contribution in [1.29, 1.82) is 0 Å². The lowest BCUT2D eigenvalue weighted by Gasteiger charge is -2.41. The Morgan fingerprint density at radius 2 is 1.86 bits per heavy atom. The van der Waals surface area contributed by atoms with Gasteiger partial charge in [0.1, 0.15) is 0 Å². The third-order valence-electron chi connectivity index (χ3n) is 2.88. The molecule has 0 spiro atoms. The van der Waals surface area contributed by atoms with Crippen LogP contribution in [0.2, 0.25) is 0 Å². The maximum atomic E-state index is 11.5. The number of nitrogens with zero attached hydrogens (tertiary/aromatic N) is 1. The van der Waals surface area contributed by atoms with Crippen LogP contribution in [0.1, 0.15) is 19.3 Å². The van der Waals surface area contributed by atoms with Gasteiger partial charge in [-0.2, -0.15) is 0 Å². The first-order chi connectivity index (χ1) is 6.61. The number of carbonyl (C=O) groups excluding carboxylic acids is 2. The van der Waals surface area contributed by atoms with Crippen LogP contribution >= 0.6 is 11.8 Å². The summed E-state index contributed by atoms with van der Waals surface area (Å²) in [6.45, 7) is 0.422. The van der Waals surface area contributed by atoms with Crippen LogP contribution in [0, 0.1) is 0 Å². The summed E-state index contributed by atoms with van der Waals surface area (Å²) in [5.74, 6) is 0.676. The predicted octanol–water partition coefficient (Wildman–Crippen LogP) is -0.0302. The van der Waals surface area contributed by atoms with Gasteiger partial charge in [-0.25, -0.2) is 0 Å². The van der Waals surface area contributed by atoms with Crippen molar-refractivity contribution in [3.63, 3.8) is 0 Å². The van der Waals surface area contributed by atoms with Crippen LogP contribution in [0.3, 0.4) is 0 Å². The topological polar surface area (TPSA) is 63.4 Å². The summed E-state index contributed by atoms with van der Waals surface area (Å²) in [4.78, 5) is 24.2. The molecule has 1 saturated carbocycles. The Morgan fingerprint density at radius 1 is 1.29 bits per heavy atom. The minimum Gasteiger partial charge on any atom is -0.324 e. The molecule has 0 radical (unpaired) electrons. The standard InChI is InChI=1S/C9H14N2O2S/c10-9(2-1-3-9)6-11-7(12)4-14-5-8(11)13/h1-6,10H2. The van der Waals surface area contributed by atoms with Gasteiger partial charge in [-0.15, -0.1) is 11.8 Å². The number of amides is 2. The highest BCUT2D eigenvalue weighted by Crippen LogP contribution is 2.30. The summed E-state index contributed by atoms with van der Waals surface area (Å²) in [6.07, 6.45) is 2.97. The highest BCUT2D eigenvalue weighted by Gasteiger charge is 2.38. The molecule has 0 bridgehead atoms. The SMILES string of the molecule is NC1(CN2C(=O)CSCC2=O)CCC1. The summed E-state index contributed by atoms with van der Waals surface area (Å²) in [5.41, 5.74) is 5.72. The molecule has 2 amide bonds. The lowest BCUT2D eigenvalue weighted by molar-refractivity contribution is -0.143. The predicted molar refractivity (Wildman–Crippen MR) is 54.8 cm³/mol. The van der Waals surface area contributed by atoms with E-state index in [4.69, 9.17) is 5.73 Å². The van der Waals surface area contributed by atoms with Gasteiger partial charge in [0.15, 0.2) is 0 Å². The van der Waals surface area contributed by atoms with Gasteiger partial charge in [-0.1, -0.05) is 0 Å². The van der Waals surface area contributed by atoms with Crippen molar-refractivity contribution in [2.75, 3.05) is 18.1 Å². The first-order valence-electron chi connectivity index (χ1n) is 4.81. The summed E-state index contributed by atoms with van der Waals surface area (Å²) in [7, 11) is 0. The number of rotatable bonds is 2. The van der Waals surface area contributed by atoms with Gasteiger partial charge in [0, 0.05) is 12.1 Å². The maximum Gasteiger partial charge on any atom is 0.239 e. The van der Waals surface area contributed by atoms with Crippen LogP contribution in [0.5, 0.6) is 0 Å². The van der Waals surface area contributed by atoms with Crippen molar-refractivity contribution in [2.24, 2.45) is 5.73 Å². The van der Waals surface area contributed by atoms with Crippen LogP contribution in [0.15, 0.2) is 0 Å². The van der Waals surface area contributed by atoms with Gasteiger partial charge >= 0.3 is 0 Å². The van der Waals surface area contributed by atoms with Crippen molar-refractivity contribution < 1.29 is 9.59 Å². The van der Waals surface area contributed by atoms with Gasteiger partial charge in [0.25, 0.3) is 0 Å². The molecule has 0 unspecified atom stereocenters. The van der Waals surface area contributed by atoms with E-state index >= 15 is 0 Å². The minimum atomic E-state index is -0.284. The quantitative estimate of drug-likeness (QED) is 0.656. The van der Waals surface area contributed by atoms with E-state index in [2.05, 4.69) is 0 Å². The van der Waals surface area contributed by atoms with E-state index in [1.807, 2.05) is 0 Å². The molecule has 2 aliphatic rings. The van der Waals surface area contributed by atoms with Crippen LogP contribution in [0.4, 0.5) is 0 Å². The zero-order valence-corrected chi connectivity index (χ0v) is 8.81. The number of nitrogens with two attached hydrogens (primary N) is 1. The number of thioether (sulfide) groups is 1. The first kappa shape index (κ1) is 9.98. The van der Waals surface area contributed by atoms with E-state index in [1.54, 1.807) is 0 Å². The minimum absolute atomic E-state index is 0.0806. The molecule has 5 heteroatoms. The average Bonchev–Trinajstić information content (AvgIpc) is 2.09. The zero-order chi connectivity index (χ0) is 10.2. The fourth-order valence-corrected chi connectivity index (χ4v) is 2.56. The van der Waals surface area contributed by atoms with Crippen molar-refractivity contribution >= 4 is 23.6 Å². The van der Waals surface area contributed by atoms with Crippen molar-refractivity contribution in [3.05, 3.63) is 0 Å². The lowest BCUT2D eigenvalue weighted by atomic mass is 9.77. The summed E-state index contributed by atoms with van der Waals surface area (Å²) in [5, 5.41) is 0. The largest absolute Gasteiger partial charge is 0.324 e. The first-order valence-corrected chi connectivity index (χ1v) is 5.96. The third kappa shape index (κ3) is 1.79. The second kappa shape index (κ2) is 3.55. The number of imide groups is 1. The van der Waals surface area contributed by atoms with Gasteiger partial charge < -0.3 is 5.73 Å². The molecule has 2 N–H and O–H groups in total. The maximum absolute atomic E-state index is 11.5. The van der Waals surface area contributed by atoms with Crippen LogP contribution in [-0.2, 0) is 9.59 Å². The molecular formula is C9H14N2O2S. The van der Waals surface area contributed by atoms with Gasteiger partial charge in [0.05, 0.1) is 11.5 Å². The molecular weight excluding hydrogens is 200 g/mol. The molecule has 14 heavy (non-hydrogen) atoms. The average molecular weight is 214 g/mol. The van der Waals surface area contributed by atoms with Gasteiger partial charge in [-0.3, -0.25) is 14.5 Å². The van der Waals surface area contributed by atoms with Crippen LogP contribution in [-0.4, -0.2) is 40.3 Å². The molecule has 0 aromatic rings. The van der Waals surface area contributed by atoms with Crippen LogP contribution in [0.25, 0.3) is 0 Å². The number of hydrogen-bond acceptors (Lipinski definition) is 4. The van der Waals surface area contributed by atoms with E-state index in [0.29, 0.717) is 18.1 Å². The normalized spacial score (nSPS) is 26.2. The number of hydrogen-bond donors (Lipinski definition) is 1. The Kier molecular flexibility index (Phi) is 2.53. The second-order valence-electron chi connectivity index (χ2n) is 4.08. The summed E-state index contributed by atoms with van der Waals surface area (Å²) < 4.78 is 0. The third-order valence-corrected chi connectivity index (χ3v) is 3.78. The molecule has 4 nitrogen and oxygen atoms in total. The Hall–Kier alpha value is -0.550. The lowest BCUT2D eigenvalue weighted by Crippen LogP contribution is -2.58. The summed E-state index contributed by atoms with van der Waals surface area (Å²) >= 11 is 1.38. The van der Waals surface area contributed by atoms with Crippen molar-refractivity contribution in [1.82, 2.24) is 4.90 Å². The molecule has 78 valence electrons. The molecule has 1 aliphatic carbocycles. The molecule has 2 rings (SSSR count). The van der Waals surface area contributed by atoms with Gasteiger partial charge in [-0.05, 0) is 19.3 Å². The highest BCUT2D eigenvalue weighted by molar-refractivity contribution is 8.00. The zero-order valence-electron chi connectivity index (χ0n) is 7.99. The van der Waals surface area contributed by atoms with Gasteiger partial charge in [0.2, 0.25) is 11.8 Å². The molecule has 1 aliphatic heterocycles. The molecule has 0 aromatic carbocycles. The molecule has 0 aromatic heterocycles. The Morgan fingerprint density at radius 3 is 2.29 bits per heavy atom. The Balaban J connectivity index is 2.00. The molecule has 0 atom stereocenters. The fourth-order valence-electron chi connectivity index (χ4n) is 1.80. The highest BCUT2D eigenvalue weighted by atomic mass is 32.2. The fraction of sp³-hybridized carbons (Fsp3) is 0.778. The number of carbonyl (C=O) groups is 2. The monoisotopic (exact) mass is 214 g/mol. The van der Waals surface area contributed by atoms with E-state index in [-0.39, 0.29) is 17.4 Å². The summed E-state index contributed by atoms with van der Waals surface area (Å²) in [6, 6.07) is 0. The molecule has 1 saturated heterocycles. The Bertz CT molecular complexity index is 260. The Labute approximate surface area is 87.2 Å². The van der Waals surface area contributed by atoms with E-state index in [0.717, 1.165) is 19.3 Å². The van der Waals surface area contributed by atoms with Crippen molar-refractivity contribution in [3.8, 4) is 0 Å². The van der Waals surface area contributed by atoms with E-state index < -0.39 is 0 Å². The molecule has 1 heterocycles. The van der Waals surface area contributed by atoms with E-state index in [9.17, 15) is 9.59 Å². The molecule has 2 fully saturated rings. The second-order valence-corrected chi connectivity index (χ2v) is 5.07. The smallest absolute Gasteiger partial charge is 0.239 e. The van der Waals surface area contributed by atoms with Crippen LogP contribution < -0.4 is 5.73 Å².